The standard InChI is InChI=1S/C26H27F3N4O3S/c1-16(2)31-22(34)17-7-10-19(11-8-17)36-14-6-13-32-24(37)33(23(35)25(32,3)4)18-9-12-21(30-5)20(15-18)26(27,28)29/h7-12,15-16H,6,13-14H2,1-4H3,(H,31,34). The number of ether oxygens (including phenoxy) is 1. The number of carbonyl (C=O) groups excluding carboxylic acids is 2. The van der Waals surface area contributed by atoms with Gasteiger partial charge in [-0.05, 0) is 82.7 Å². The predicted octanol–water partition coefficient (Wildman–Crippen LogP) is 5.58. The van der Waals surface area contributed by atoms with E-state index in [0.29, 0.717) is 30.9 Å². The Bertz CT molecular complexity index is 1240. The first-order chi connectivity index (χ1) is 17.3. The normalized spacial score (nSPS) is 15.2. The van der Waals surface area contributed by atoms with Crippen molar-refractivity contribution in [1.29, 1.82) is 0 Å². The van der Waals surface area contributed by atoms with Crippen molar-refractivity contribution in [2.45, 2.75) is 51.9 Å². The smallest absolute Gasteiger partial charge is 0.407 e. The molecule has 0 aromatic heterocycles. The van der Waals surface area contributed by atoms with E-state index in [1.165, 1.54) is 6.07 Å². The van der Waals surface area contributed by atoms with Gasteiger partial charge in [0.2, 0.25) is 0 Å². The molecule has 1 aliphatic heterocycles. The maximum absolute atomic E-state index is 13.5. The van der Waals surface area contributed by atoms with Crippen LogP contribution in [0.15, 0.2) is 42.5 Å². The Balaban J connectivity index is 1.66. The molecule has 1 N–H and O–H groups in total. The van der Waals surface area contributed by atoms with Gasteiger partial charge in [-0.2, -0.15) is 13.2 Å². The van der Waals surface area contributed by atoms with E-state index < -0.39 is 28.9 Å². The molecule has 0 spiro atoms. The van der Waals surface area contributed by atoms with Crippen LogP contribution >= 0.6 is 12.2 Å². The van der Waals surface area contributed by atoms with Crippen molar-refractivity contribution in [2.24, 2.45) is 0 Å². The number of nitrogens with zero attached hydrogens (tertiary/aromatic N) is 3. The largest absolute Gasteiger partial charge is 0.494 e. The highest BCUT2D eigenvalue weighted by atomic mass is 32.1. The van der Waals surface area contributed by atoms with Gasteiger partial charge in [-0.25, -0.2) is 4.85 Å². The van der Waals surface area contributed by atoms with E-state index in [1.54, 1.807) is 43.0 Å². The van der Waals surface area contributed by atoms with Crippen LogP contribution in [0, 0.1) is 6.57 Å². The Morgan fingerprint density at radius 1 is 1.19 bits per heavy atom. The van der Waals surface area contributed by atoms with Crippen LogP contribution in [0.5, 0.6) is 5.75 Å². The number of thiocarbonyl (C=S) groups is 1. The molecular weight excluding hydrogens is 505 g/mol. The predicted molar refractivity (Wildman–Crippen MR) is 138 cm³/mol. The molecule has 11 heteroatoms. The van der Waals surface area contributed by atoms with Crippen LogP contribution in [0.2, 0.25) is 0 Å². The monoisotopic (exact) mass is 532 g/mol. The maximum atomic E-state index is 13.5. The molecule has 3 rings (SSSR count). The van der Waals surface area contributed by atoms with Crippen LogP contribution in [0.1, 0.15) is 50.0 Å². The number of alkyl halides is 3. The van der Waals surface area contributed by atoms with Crippen LogP contribution in [0.4, 0.5) is 24.5 Å². The molecule has 0 bridgehead atoms. The molecule has 1 fully saturated rings. The molecule has 196 valence electrons. The second-order valence-electron chi connectivity index (χ2n) is 9.30. The maximum Gasteiger partial charge on any atom is 0.407 e. The van der Waals surface area contributed by atoms with Crippen molar-refractivity contribution in [3.05, 3.63) is 65.0 Å². The fourth-order valence-electron chi connectivity index (χ4n) is 3.89. The summed E-state index contributed by atoms with van der Waals surface area (Å²) in [6, 6.07) is 9.85. The molecule has 2 aromatic carbocycles. The summed E-state index contributed by atoms with van der Waals surface area (Å²) in [5.41, 5.74) is -2.27. The lowest BCUT2D eigenvalue weighted by Crippen LogP contribution is -2.44. The fraction of sp³-hybridized carbons (Fsp3) is 0.385. The Kier molecular flexibility index (Phi) is 8.12. The van der Waals surface area contributed by atoms with E-state index in [2.05, 4.69) is 10.2 Å². The SMILES string of the molecule is [C-]#[N+]c1ccc(N2C(=O)C(C)(C)N(CCCOc3ccc(C(=O)NC(C)C)cc3)C2=S)cc1C(F)(F)F. The van der Waals surface area contributed by atoms with Gasteiger partial charge >= 0.3 is 6.18 Å². The first-order valence-electron chi connectivity index (χ1n) is 11.6. The number of anilines is 1. The molecule has 1 saturated heterocycles. The van der Waals surface area contributed by atoms with Crippen LogP contribution < -0.4 is 15.0 Å². The molecule has 2 amide bonds. The summed E-state index contributed by atoms with van der Waals surface area (Å²) >= 11 is 5.49. The van der Waals surface area contributed by atoms with Gasteiger partial charge in [-0.3, -0.25) is 14.5 Å². The molecule has 2 aromatic rings. The highest BCUT2D eigenvalue weighted by Crippen LogP contribution is 2.40. The zero-order chi connectivity index (χ0) is 27.5. The van der Waals surface area contributed by atoms with Crippen molar-refractivity contribution in [3.63, 3.8) is 0 Å². The lowest BCUT2D eigenvalue weighted by Gasteiger charge is -2.29. The summed E-state index contributed by atoms with van der Waals surface area (Å²) in [4.78, 5) is 30.9. The van der Waals surface area contributed by atoms with Crippen LogP contribution in [0.25, 0.3) is 4.85 Å². The second kappa shape index (κ2) is 10.8. The minimum absolute atomic E-state index is 0.0250. The van der Waals surface area contributed by atoms with Gasteiger partial charge in [-0.1, -0.05) is 6.07 Å². The van der Waals surface area contributed by atoms with E-state index in [-0.39, 0.29) is 22.7 Å². The van der Waals surface area contributed by atoms with Gasteiger partial charge in [0.05, 0.1) is 18.7 Å². The third kappa shape index (κ3) is 6.02. The van der Waals surface area contributed by atoms with Crippen LogP contribution in [-0.4, -0.2) is 46.6 Å². The molecule has 1 heterocycles. The van der Waals surface area contributed by atoms with Gasteiger partial charge in [0.1, 0.15) is 11.3 Å². The summed E-state index contributed by atoms with van der Waals surface area (Å²) in [6.45, 7) is 14.7. The molecule has 1 aliphatic rings. The minimum Gasteiger partial charge on any atom is -0.494 e. The van der Waals surface area contributed by atoms with Crippen LogP contribution in [-0.2, 0) is 11.0 Å². The van der Waals surface area contributed by atoms with Crippen molar-refractivity contribution in [1.82, 2.24) is 10.2 Å². The lowest BCUT2D eigenvalue weighted by molar-refractivity contribution is -0.136. The number of carbonyl (C=O) groups is 2. The minimum atomic E-state index is -4.75. The van der Waals surface area contributed by atoms with Gasteiger partial charge in [-0.15, -0.1) is 0 Å². The average molecular weight is 533 g/mol. The third-order valence-electron chi connectivity index (χ3n) is 5.82. The van der Waals surface area contributed by atoms with Crippen molar-refractivity contribution < 1.29 is 27.5 Å². The van der Waals surface area contributed by atoms with Crippen molar-refractivity contribution in [3.8, 4) is 5.75 Å². The zero-order valence-corrected chi connectivity index (χ0v) is 21.7. The highest BCUT2D eigenvalue weighted by molar-refractivity contribution is 7.80. The number of hydrogen-bond acceptors (Lipinski definition) is 4. The Hall–Kier alpha value is -3.65. The second-order valence-corrected chi connectivity index (χ2v) is 9.66. The van der Waals surface area contributed by atoms with E-state index in [1.807, 2.05) is 13.8 Å². The summed E-state index contributed by atoms with van der Waals surface area (Å²) in [7, 11) is 0. The zero-order valence-electron chi connectivity index (χ0n) is 20.8. The highest BCUT2D eigenvalue weighted by Gasteiger charge is 2.49. The van der Waals surface area contributed by atoms with E-state index in [4.69, 9.17) is 23.5 Å². The molecule has 7 nitrogen and oxygen atoms in total. The Labute approximate surface area is 219 Å². The summed E-state index contributed by atoms with van der Waals surface area (Å²) < 4.78 is 46.1. The summed E-state index contributed by atoms with van der Waals surface area (Å²) in [5.74, 6) is -0.0642. The third-order valence-corrected chi connectivity index (χ3v) is 6.22. The molecule has 0 radical (unpaired) electrons. The van der Waals surface area contributed by atoms with E-state index >= 15 is 0 Å². The molecule has 37 heavy (non-hydrogen) atoms. The molecule has 0 unspecified atom stereocenters. The number of halogens is 3. The molecule has 0 saturated carbocycles. The first kappa shape index (κ1) is 27.9. The molecule has 0 atom stereocenters. The summed E-state index contributed by atoms with van der Waals surface area (Å²) in [6.07, 6.45) is -4.27. The first-order valence-corrected chi connectivity index (χ1v) is 12.0. The van der Waals surface area contributed by atoms with E-state index in [9.17, 15) is 22.8 Å². The van der Waals surface area contributed by atoms with Gasteiger partial charge in [0.25, 0.3) is 11.8 Å². The van der Waals surface area contributed by atoms with Gasteiger partial charge < -0.3 is 15.0 Å². The number of amides is 2. The molecular formula is C26H27F3N4O3S. The fourth-order valence-corrected chi connectivity index (χ4v) is 4.39. The number of benzene rings is 2. The topological polar surface area (TPSA) is 66.2 Å². The van der Waals surface area contributed by atoms with Crippen LogP contribution in [0.3, 0.4) is 0 Å². The number of nitrogens with one attached hydrogen (secondary N) is 1. The van der Waals surface area contributed by atoms with E-state index in [0.717, 1.165) is 17.0 Å². The van der Waals surface area contributed by atoms with Gasteiger partial charge in [0.15, 0.2) is 10.8 Å². The quantitative estimate of drug-likeness (QED) is 0.273. The summed E-state index contributed by atoms with van der Waals surface area (Å²) in [5, 5.41) is 2.89. The lowest BCUT2D eigenvalue weighted by atomic mass is 10.0. The average Bonchev–Trinajstić information content (AvgIpc) is 2.99. The number of rotatable bonds is 8. The number of hydrogen-bond donors (Lipinski definition) is 1. The Morgan fingerprint density at radius 2 is 1.84 bits per heavy atom. The Morgan fingerprint density at radius 3 is 2.41 bits per heavy atom. The van der Waals surface area contributed by atoms with Crippen molar-refractivity contribution >= 4 is 40.5 Å². The molecule has 0 aliphatic carbocycles. The van der Waals surface area contributed by atoms with Crippen molar-refractivity contribution in [2.75, 3.05) is 18.1 Å². The van der Waals surface area contributed by atoms with Gasteiger partial charge in [0, 0.05) is 23.8 Å².